The molecule has 0 radical (unpaired) electrons. The van der Waals surface area contributed by atoms with Gasteiger partial charge in [-0.2, -0.15) is 0 Å². The summed E-state index contributed by atoms with van der Waals surface area (Å²) in [5.41, 5.74) is 1.19. The van der Waals surface area contributed by atoms with Crippen LogP contribution in [0.2, 0.25) is 0 Å². The summed E-state index contributed by atoms with van der Waals surface area (Å²) < 4.78 is 5.43. The first-order valence-electron chi connectivity index (χ1n) is 4.81. The average Bonchev–Trinajstić information content (AvgIpc) is 2.25. The Bertz CT molecular complexity index is 254. The fraction of sp³-hybridized carbons (Fsp3) is 0.333. The van der Waals surface area contributed by atoms with Crippen LogP contribution in [0.5, 0.6) is 0 Å². The van der Waals surface area contributed by atoms with E-state index in [4.69, 9.17) is 9.84 Å². The van der Waals surface area contributed by atoms with Gasteiger partial charge in [0.1, 0.15) is 0 Å². The van der Waals surface area contributed by atoms with Crippen molar-refractivity contribution in [2.45, 2.75) is 13.0 Å². The molecule has 1 N–H and O–H groups in total. The molecule has 0 atom stereocenters. The summed E-state index contributed by atoms with van der Waals surface area (Å²) in [6, 6.07) is 10.1. The number of aliphatic hydroxyl groups excluding tert-OH is 1. The quantitative estimate of drug-likeness (QED) is 0.552. The molecule has 0 amide bonds. The zero-order valence-electron chi connectivity index (χ0n) is 8.23. The summed E-state index contributed by atoms with van der Waals surface area (Å²) in [5.74, 6) is 0. The summed E-state index contributed by atoms with van der Waals surface area (Å²) in [6.45, 7) is 1.47. The number of benzene rings is 1. The van der Waals surface area contributed by atoms with Gasteiger partial charge in [0, 0.05) is 0 Å². The van der Waals surface area contributed by atoms with Crippen LogP contribution in [0, 0.1) is 0 Å². The van der Waals surface area contributed by atoms with E-state index >= 15 is 0 Å². The number of aliphatic hydroxyl groups is 1. The minimum Gasteiger partial charge on any atom is -0.392 e. The number of hydrogen-bond acceptors (Lipinski definition) is 2. The van der Waals surface area contributed by atoms with Crippen LogP contribution in [0.1, 0.15) is 12.0 Å². The predicted molar refractivity (Wildman–Crippen MR) is 56.9 cm³/mol. The van der Waals surface area contributed by atoms with E-state index < -0.39 is 0 Å². The van der Waals surface area contributed by atoms with E-state index in [2.05, 4.69) is 0 Å². The zero-order valence-corrected chi connectivity index (χ0v) is 8.23. The molecule has 0 heterocycles. The third-order valence-electron chi connectivity index (χ3n) is 1.81. The van der Waals surface area contributed by atoms with Crippen LogP contribution in [-0.4, -0.2) is 18.3 Å². The maximum atomic E-state index is 8.47. The van der Waals surface area contributed by atoms with Crippen LogP contribution in [0.25, 0.3) is 0 Å². The summed E-state index contributed by atoms with van der Waals surface area (Å²) in [4.78, 5) is 0. The standard InChI is InChI=1S/C12H16O2/c13-9-5-2-6-10-14-11-12-7-3-1-4-8-12/h1-5,7-8,13H,6,9-11H2/b5-2+. The van der Waals surface area contributed by atoms with Crippen molar-refractivity contribution in [1.29, 1.82) is 0 Å². The Balaban J connectivity index is 2.07. The van der Waals surface area contributed by atoms with Gasteiger partial charge in [-0.05, 0) is 12.0 Å². The first kappa shape index (κ1) is 11.0. The van der Waals surface area contributed by atoms with Crippen molar-refractivity contribution in [1.82, 2.24) is 0 Å². The topological polar surface area (TPSA) is 29.5 Å². The van der Waals surface area contributed by atoms with Gasteiger partial charge in [-0.3, -0.25) is 0 Å². The molecule has 76 valence electrons. The molecule has 2 nitrogen and oxygen atoms in total. The fourth-order valence-corrected chi connectivity index (χ4v) is 1.11. The maximum absolute atomic E-state index is 8.47. The molecule has 0 fully saturated rings. The van der Waals surface area contributed by atoms with Crippen molar-refractivity contribution in [3.05, 3.63) is 48.0 Å². The summed E-state index contributed by atoms with van der Waals surface area (Å²) in [5, 5.41) is 8.47. The largest absolute Gasteiger partial charge is 0.392 e. The average molecular weight is 192 g/mol. The Morgan fingerprint density at radius 1 is 1.14 bits per heavy atom. The van der Waals surface area contributed by atoms with Gasteiger partial charge in [-0.1, -0.05) is 42.5 Å². The van der Waals surface area contributed by atoms with E-state index in [1.165, 1.54) is 5.56 Å². The molecule has 0 unspecified atom stereocenters. The van der Waals surface area contributed by atoms with Crippen LogP contribution < -0.4 is 0 Å². The van der Waals surface area contributed by atoms with Gasteiger partial charge in [0.2, 0.25) is 0 Å². The highest BCUT2D eigenvalue weighted by Crippen LogP contribution is 2.00. The highest BCUT2D eigenvalue weighted by atomic mass is 16.5. The molecule has 2 heteroatoms. The lowest BCUT2D eigenvalue weighted by atomic mass is 10.2. The predicted octanol–water partition coefficient (Wildman–Crippen LogP) is 2.14. The van der Waals surface area contributed by atoms with Gasteiger partial charge in [-0.25, -0.2) is 0 Å². The van der Waals surface area contributed by atoms with E-state index in [1.807, 2.05) is 36.4 Å². The number of rotatable bonds is 6. The first-order chi connectivity index (χ1) is 6.93. The van der Waals surface area contributed by atoms with E-state index in [-0.39, 0.29) is 6.61 Å². The molecular weight excluding hydrogens is 176 g/mol. The molecular formula is C12H16O2. The molecule has 0 spiro atoms. The highest BCUT2D eigenvalue weighted by molar-refractivity contribution is 5.13. The number of hydrogen-bond donors (Lipinski definition) is 1. The second kappa shape index (κ2) is 7.30. The molecule has 0 aromatic heterocycles. The highest BCUT2D eigenvalue weighted by Gasteiger charge is 1.89. The Labute approximate surface area is 84.8 Å². The summed E-state index contributed by atoms with van der Waals surface area (Å²) in [6.07, 6.45) is 4.50. The van der Waals surface area contributed by atoms with Gasteiger partial charge in [0.15, 0.2) is 0 Å². The van der Waals surface area contributed by atoms with Gasteiger partial charge < -0.3 is 9.84 Å². The second-order valence-electron chi connectivity index (χ2n) is 2.98. The summed E-state index contributed by atoms with van der Waals surface area (Å²) in [7, 11) is 0. The minimum atomic E-state index is 0.110. The Morgan fingerprint density at radius 2 is 1.93 bits per heavy atom. The molecule has 14 heavy (non-hydrogen) atoms. The van der Waals surface area contributed by atoms with Crippen molar-refractivity contribution in [3.8, 4) is 0 Å². The van der Waals surface area contributed by atoms with E-state index in [1.54, 1.807) is 6.08 Å². The van der Waals surface area contributed by atoms with Crippen LogP contribution >= 0.6 is 0 Å². The molecule has 0 aliphatic carbocycles. The maximum Gasteiger partial charge on any atom is 0.0717 e. The second-order valence-corrected chi connectivity index (χ2v) is 2.98. The van der Waals surface area contributed by atoms with Crippen molar-refractivity contribution in [2.24, 2.45) is 0 Å². The van der Waals surface area contributed by atoms with Gasteiger partial charge in [-0.15, -0.1) is 0 Å². The molecule has 0 bridgehead atoms. The van der Waals surface area contributed by atoms with E-state index in [0.29, 0.717) is 13.2 Å². The lowest BCUT2D eigenvalue weighted by molar-refractivity contribution is 0.125. The molecule has 0 aliphatic heterocycles. The molecule has 1 aromatic rings. The summed E-state index contributed by atoms with van der Waals surface area (Å²) >= 11 is 0. The minimum absolute atomic E-state index is 0.110. The molecule has 0 aliphatic rings. The normalized spacial score (nSPS) is 10.9. The van der Waals surface area contributed by atoms with Crippen molar-refractivity contribution in [2.75, 3.05) is 13.2 Å². The Hall–Kier alpha value is -1.12. The monoisotopic (exact) mass is 192 g/mol. The van der Waals surface area contributed by atoms with E-state index in [9.17, 15) is 0 Å². The van der Waals surface area contributed by atoms with Gasteiger partial charge in [0.05, 0.1) is 19.8 Å². The SMILES string of the molecule is OC/C=C/CCOCc1ccccc1. The van der Waals surface area contributed by atoms with Gasteiger partial charge >= 0.3 is 0 Å². The Kier molecular flexibility index (Phi) is 5.71. The van der Waals surface area contributed by atoms with Crippen molar-refractivity contribution in [3.63, 3.8) is 0 Å². The third-order valence-corrected chi connectivity index (χ3v) is 1.81. The Morgan fingerprint density at radius 3 is 2.64 bits per heavy atom. The smallest absolute Gasteiger partial charge is 0.0717 e. The van der Waals surface area contributed by atoms with Gasteiger partial charge in [0.25, 0.3) is 0 Å². The zero-order chi connectivity index (χ0) is 10.1. The fourth-order valence-electron chi connectivity index (χ4n) is 1.11. The van der Waals surface area contributed by atoms with Crippen LogP contribution in [0.4, 0.5) is 0 Å². The molecule has 0 saturated heterocycles. The third kappa shape index (κ3) is 4.80. The number of ether oxygens (including phenoxy) is 1. The van der Waals surface area contributed by atoms with Crippen molar-refractivity contribution < 1.29 is 9.84 Å². The molecule has 1 aromatic carbocycles. The van der Waals surface area contributed by atoms with Crippen LogP contribution in [0.15, 0.2) is 42.5 Å². The molecule has 1 rings (SSSR count). The van der Waals surface area contributed by atoms with Crippen LogP contribution in [-0.2, 0) is 11.3 Å². The van der Waals surface area contributed by atoms with Crippen LogP contribution in [0.3, 0.4) is 0 Å². The van der Waals surface area contributed by atoms with E-state index in [0.717, 1.165) is 6.42 Å². The van der Waals surface area contributed by atoms with Crippen molar-refractivity contribution >= 4 is 0 Å². The lowest BCUT2D eigenvalue weighted by Gasteiger charge is -2.01. The molecule has 0 saturated carbocycles. The first-order valence-corrected chi connectivity index (χ1v) is 4.81. The lowest BCUT2D eigenvalue weighted by Crippen LogP contribution is -1.93.